The van der Waals surface area contributed by atoms with Crippen LogP contribution in [0.4, 0.5) is 13.6 Å². The van der Waals surface area contributed by atoms with Crippen molar-refractivity contribution >= 4 is 17.4 Å². The first-order chi connectivity index (χ1) is 12.8. The van der Waals surface area contributed by atoms with Crippen LogP contribution in [0.3, 0.4) is 0 Å². The Kier molecular flexibility index (Phi) is 5.50. The maximum Gasteiger partial charge on any atom is 0.586 e. The van der Waals surface area contributed by atoms with E-state index in [1.54, 1.807) is 21.7 Å². The van der Waals surface area contributed by atoms with Crippen molar-refractivity contribution < 1.29 is 23.0 Å². The highest BCUT2D eigenvalue weighted by Gasteiger charge is 2.43. The van der Waals surface area contributed by atoms with Crippen LogP contribution in [-0.4, -0.2) is 34.9 Å². The number of urea groups is 1. The predicted octanol–water partition coefficient (Wildman–Crippen LogP) is 4.31. The van der Waals surface area contributed by atoms with Gasteiger partial charge < -0.3 is 14.4 Å². The summed E-state index contributed by atoms with van der Waals surface area (Å²) in [5.41, 5.74) is 0.558. The van der Waals surface area contributed by atoms with Crippen molar-refractivity contribution in [3.05, 3.63) is 34.1 Å². The summed E-state index contributed by atoms with van der Waals surface area (Å²) < 4.78 is 37.1. The number of hydrogen-bond donors (Lipinski definition) is 0. The number of fused-ring (bicyclic) bond motifs is 1. The van der Waals surface area contributed by atoms with Crippen LogP contribution in [0.5, 0.6) is 11.5 Å². The van der Waals surface area contributed by atoms with Gasteiger partial charge in [0.15, 0.2) is 16.3 Å². The lowest BCUT2D eigenvalue weighted by atomic mass is 10.3. The van der Waals surface area contributed by atoms with Gasteiger partial charge in [0.05, 0.1) is 5.69 Å². The molecule has 2 heterocycles. The quantitative estimate of drug-likeness (QED) is 0.755. The zero-order valence-corrected chi connectivity index (χ0v) is 16.2. The van der Waals surface area contributed by atoms with Gasteiger partial charge in [-0.3, -0.25) is 4.57 Å². The molecular weight excluding hydrogens is 376 g/mol. The first kappa shape index (κ1) is 19.3. The Hall–Kier alpha value is -2.42. The fraction of sp³-hybridized carbons (Fsp3) is 0.444. The molecule has 146 valence electrons. The summed E-state index contributed by atoms with van der Waals surface area (Å²) in [6, 6.07) is 4.17. The Labute approximate surface area is 159 Å². The van der Waals surface area contributed by atoms with Crippen molar-refractivity contribution in [1.82, 2.24) is 9.47 Å². The summed E-state index contributed by atoms with van der Waals surface area (Å²) in [6.45, 7) is 7.09. The van der Waals surface area contributed by atoms with Crippen molar-refractivity contribution in [2.75, 3.05) is 13.1 Å². The number of carbonyl (C=O) groups excluding carboxylic acids is 1. The van der Waals surface area contributed by atoms with Gasteiger partial charge in [0.2, 0.25) is 0 Å². The number of amides is 2. The average molecular weight is 397 g/mol. The van der Waals surface area contributed by atoms with Crippen LogP contribution in [0.1, 0.15) is 31.6 Å². The fourth-order valence-electron chi connectivity index (χ4n) is 2.70. The summed E-state index contributed by atoms with van der Waals surface area (Å²) in [5.74, 6) is -0.0770. The van der Waals surface area contributed by atoms with Crippen molar-refractivity contribution in [2.45, 2.75) is 39.9 Å². The molecule has 0 fully saturated rings. The van der Waals surface area contributed by atoms with E-state index in [0.717, 1.165) is 17.7 Å². The lowest BCUT2D eigenvalue weighted by Gasteiger charge is -2.17. The van der Waals surface area contributed by atoms with E-state index in [-0.39, 0.29) is 17.5 Å². The SMILES string of the molecule is CCCCN(CC)C(=O)N=c1sc(C)cn1-c1ccc2c(c1)OC(F)(F)O2. The molecule has 27 heavy (non-hydrogen) atoms. The number of halogens is 2. The second-order valence-corrected chi connectivity index (χ2v) is 7.33. The number of unbranched alkanes of at least 4 members (excludes halogenated alkanes) is 1. The fourth-order valence-corrected chi connectivity index (χ4v) is 3.52. The third-order valence-corrected chi connectivity index (χ3v) is 4.96. The minimum atomic E-state index is -3.67. The number of nitrogens with zero attached hydrogens (tertiary/aromatic N) is 3. The number of alkyl halides is 2. The number of hydrogen-bond acceptors (Lipinski definition) is 4. The molecular formula is C18H21F2N3O3S. The molecule has 1 aliphatic heterocycles. The van der Waals surface area contributed by atoms with E-state index < -0.39 is 6.29 Å². The number of ether oxygens (including phenoxy) is 2. The molecule has 0 bridgehead atoms. The van der Waals surface area contributed by atoms with Crippen LogP contribution in [0.15, 0.2) is 29.4 Å². The van der Waals surface area contributed by atoms with Gasteiger partial charge in [-0.05, 0) is 32.4 Å². The molecule has 1 aromatic carbocycles. The molecule has 6 nitrogen and oxygen atoms in total. The monoisotopic (exact) mass is 397 g/mol. The standard InChI is InChI=1S/C18H21F2N3O3S/c1-4-6-9-22(5-2)16(24)21-17-23(11-12(3)27-17)13-7-8-14-15(10-13)26-18(19,20)25-14/h7-8,10-11H,4-6,9H2,1-3H3. The molecule has 0 atom stereocenters. The Morgan fingerprint density at radius 3 is 2.74 bits per heavy atom. The number of rotatable bonds is 5. The molecule has 0 unspecified atom stereocenters. The summed E-state index contributed by atoms with van der Waals surface area (Å²) in [7, 11) is 0. The van der Waals surface area contributed by atoms with Crippen LogP contribution in [0, 0.1) is 6.92 Å². The van der Waals surface area contributed by atoms with E-state index in [1.807, 2.05) is 13.8 Å². The number of carbonyl (C=O) groups is 1. The van der Waals surface area contributed by atoms with Gasteiger partial charge in [0, 0.05) is 30.2 Å². The van der Waals surface area contributed by atoms with E-state index in [0.29, 0.717) is 23.6 Å². The van der Waals surface area contributed by atoms with E-state index in [1.165, 1.54) is 23.5 Å². The summed E-state index contributed by atoms with van der Waals surface area (Å²) >= 11 is 1.35. The largest absolute Gasteiger partial charge is 0.586 e. The normalized spacial score (nSPS) is 15.2. The first-order valence-corrected chi connectivity index (χ1v) is 9.57. The summed E-state index contributed by atoms with van der Waals surface area (Å²) in [4.78, 5) is 19.9. The Morgan fingerprint density at radius 1 is 1.30 bits per heavy atom. The third-order valence-electron chi connectivity index (χ3n) is 4.06. The van der Waals surface area contributed by atoms with Crippen LogP contribution < -0.4 is 14.3 Å². The van der Waals surface area contributed by atoms with E-state index >= 15 is 0 Å². The molecule has 0 aliphatic carbocycles. The first-order valence-electron chi connectivity index (χ1n) is 8.76. The van der Waals surface area contributed by atoms with Gasteiger partial charge in [0.25, 0.3) is 0 Å². The van der Waals surface area contributed by atoms with Crippen LogP contribution in [-0.2, 0) is 0 Å². The third kappa shape index (κ3) is 4.29. The molecule has 1 aromatic heterocycles. The van der Waals surface area contributed by atoms with E-state index in [9.17, 15) is 13.6 Å². The maximum absolute atomic E-state index is 13.2. The van der Waals surface area contributed by atoms with E-state index in [4.69, 9.17) is 0 Å². The maximum atomic E-state index is 13.2. The summed E-state index contributed by atoms with van der Waals surface area (Å²) in [5, 5.41) is 0. The van der Waals surface area contributed by atoms with Gasteiger partial charge in [-0.2, -0.15) is 4.99 Å². The highest BCUT2D eigenvalue weighted by Crippen LogP contribution is 2.41. The Morgan fingerprint density at radius 2 is 2.04 bits per heavy atom. The van der Waals surface area contributed by atoms with Gasteiger partial charge >= 0.3 is 12.3 Å². The molecule has 1 aliphatic rings. The molecule has 2 amide bonds. The van der Waals surface area contributed by atoms with Crippen molar-refractivity contribution in [3.63, 3.8) is 0 Å². The highest BCUT2D eigenvalue weighted by atomic mass is 32.1. The Balaban J connectivity index is 1.94. The zero-order valence-electron chi connectivity index (χ0n) is 15.4. The van der Waals surface area contributed by atoms with Crippen molar-refractivity contribution in [3.8, 4) is 17.2 Å². The topological polar surface area (TPSA) is 56.1 Å². The van der Waals surface area contributed by atoms with Gasteiger partial charge in [-0.1, -0.05) is 13.3 Å². The van der Waals surface area contributed by atoms with E-state index in [2.05, 4.69) is 21.4 Å². The number of aromatic nitrogens is 1. The van der Waals surface area contributed by atoms with Crippen LogP contribution in [0.25, 0.3) is 5.69 Å². The van der Waals surface area contributed by atoms with Gasteiger partial charge in [-0.15, -0.1) is 20.1 Å². The number of benzene rings is 1. The molecule has 3 rings (SSSR count). The Bertz CT molecular complexity index is 907. The molecule has 0 spiro atoms. The van der Waals surface area contributed by atoms with Crippen LogP contribution >= 0.6 is 11.3 Å². The minimum Gasteiger partial charge on any atom is -0.395 e. The predicted molar refractivity (Wildman–Crippen MR) is 97.7 cm³/mol. The molecule has 9 heteroatoms. The van der Waals surface area contributed by atoms with Gasteiger partial charge in [-0.25, -0.2) is 4.79 Å². The lowest BCUT2D eigenvalue weighted by Crippen LogP contribution is -2.31. The van der Waals surface area contributed by atoms with Gasteiger partial charge in [0.1, 0.15) is 0 Å². The molecule has 0 saturated carbocycles. The second-order valence-electron chi connectivity index (χ2n) is 6.12. The molecule has 2 aromatic rings. The summed E-state index contributed by atoms with van der Waals surface area (Å²) in [6.07, 6.45) is 0.0354. The zero-order chi connectivity index (χ0) is 19.6. The second kappa shape index (κ2) is 7.67. The van der Waals surface area contributed by atoms with Crippen LogP contribution in [0.2, 0.25) is 0 Å². The smallest absolute Gasteiger partial charge is 0.395 e. The highest BCUT2D eigenvalue weighted by molar-refractivity contribution is 7.09. The van der Waals surface area contributed by atoms with Crippen molar-refractivity contribution in [2.24, 2.45) is 4.99 Å². The molecule has 0 N–H and O–H groups in total. The number of aryl methyl sites for hydroxylation is 1. The number of thiazole rings is 1. The average Bonchev–Trinajstić information content (AvgIpc) is 3.12. The molecule has 0 radical (unpaired) electrons. The lowest BCUT2D eigenvalue weighted by molar-refractivity contribution is -0.286. The molecule has 0 saturated heterocycles. The van der Waals surface area contributed by atoms with Crippen molar-refractivity contribution in [1.29, 1.82) is 0 Å². The minimum absolute atomic E-state index is 0.0254.